The van der Waals surface area contributed by atoms with Gasteiger partial charge in [-0.15, -0.1) is 5.10 Å². The van der Waals surface area contributed by atoms with Gasteiger partial charge in [0.25, 0.3) is 5.91 Å². The van der Waals surface area contributed by atoms with Crippen LogP contribution >= 0.6 is 15.9 Å². The Bertz CT molecular complexity index is 1900. The van der Waals surface area contributed by atoms with E-state index in [2.05, 4.69) is 33.2 Å². The fraction of sp³-hybridized carbons (Fsp3) is 0.450. The summed E-state index contributed by atoms with van der Waals surface area (Å²) in [5.41, 5.74) is 3.62. The van der Waals surface area contributed by atoms with Crippen molar-refractivity contribution in [2.24, 2.45) is 5.92 Å². The van der Waals surface area contributed by atoms with Crippen LogP contribution in [0.15, 0.2) is 83.5 Å². The van der Waals surface area contributed by atoms with Gasteiger partial charge in [-0.25, -0.2) is 0 Å². The van der Waals surface area contributed by atoms with E-state index in [0.717, 1.165) is 64.8 Å². The van der Waals surface area contributed by atoms with Gasteiger partial charge in [-0.3, -0.25) is 14.3 Å². The van der Waals surface area contributed by atoms with Crippen molar-refractivity contribution < 1.29 is 24.2 Å². The molecule has 4 heterocycles. The number of aliphatic hydroxyl groups excluding tert-OH is 1. The van der Waals surface area contributed by atoms with Crippen molar-refractivity contribution in [3.05, 3.63) is 106 Å². The third-order valence-corrected chi connectivity index (χ3v) is 14.3. The van der Waals surface area contributed by atoms with Gasteiger partial charge < -0.3 is 24.4 Å². The normalized spacial score (nSPS) is 24.3. The average Bonchev–Trinajstić information content (AvgIpc) is 3.77. The van der Waals surface area contributed by atoms with Crippen LogP contribution in [0.1, 0.15) is 73.8 Å². The summed E-state index contributed by atoms with van der Waals surface area (Å²) >= 11 is 3.66. The molecule has 2 saturated heterocycles. The van der Waals surface area contributed by atoms with Crippen molar-refractivity contribution in [3.63, 3.8) is 0 Å². The molecule has 1 aromatic heterocycles. The molecule has 10 nitrogen and oxygen atoms in total. The zero-order valence-corrected chi connectivity index (χ0v) is 32.7. The Morgan fingerprint density at radius 3 is 2.50 bits per heavy atom. The highest BCUT2D eigenvalue weighted by molar-refractivity contribution is 9.10. The lowest BCUT2D eigenvalue weighted by molar-refractivity contribution is -0.146. The minimum atomic E-state index is -2.86. The molecule has 3 aliphatic rings. The number of rotatable bonds is 10. The molecule has 2 amide bonds. The zero-order chi connectivity index (χ0) is 36.6. The van der Waals surface area contributed by atoms with Crippen LogP contribution < -0.4 is 9.80 Å². The number of ether oxygens (including phenoxy) is 1. The van der Waals surface area contributed by atoms with E-state index in [1.165, 1.54) is 0 Å². The van der Waals surface area contributed by atoms with E-state index in [-0.39, 0.29) is 35.8 Å². The van der Waals surface area contributed by atoms with Crippen LogP contribution in [0.3, 0.4) is 0 Å². The van der Waals surface area contributed by atoms with Gasteiger partial charge in [0.2, 0.25) is 5.91 Å². The Kier molecular flexibility index (Phi) is 10.6. The summed E-state index contributed by atoms with van der Waals surface area (Å²) in [6, 6.07) is 23.7. The zero-order valence-electron chi connectivity index (χ0n) is 30.1. The number of benzene rings is 3. The van der Waals surface area contributed by atoms with Gasteiger partial charge in [0.1, 0.15) is 0 Å². The van der Waals surface area contributed by atoms with Gasteiger partial charge in [-0.1, -0.05) is 83.4 Å². The summed E-state index contributed by atoms with van der Waals surface area (Å²) in [6.45, 7) is 7.38. The quantitative estimate of drug-likeness (QED) is 0.168. The molecule has 12 heteroatoms. The first-order valence-electron chi connectivity index (χ1n) is 18.5. The van der Waals surface area contributed by atoms with Gasteiger partial charge in [0.05, 0.1) is 36.6 Å². The standard InChI is InChI=1S/C40H48BrN5O5Si/c1-27-38(52(2,3)50)36(20-22-44-25-34(42-43-44)32(26-47)29-11-7-6-8-12-29)51-40(27)33-23-30(41)16-19-35(33)46(39(40)49)24-28-14-17-31(18-15-28)45-21-10-5-4-9-13-37(45)48/h6-8,11-12,14-19,23,25,27,32,36,38,47,50H,4-5,9-10,13,20-22,24,26H2,1-3H3/t27-,32?,36+,38-,40+/m0/s1. The maximum Gasteiger partial charge on any atom is 0.264 e. The molecule has 0 radical (unpaired) electrons. The fourth-order valence-corrected chi connectivity index (χ4v) is 11.7. The van der Waals surface area contributed by atoms with Gasteiger partial charge in [-0.2, -0.15) is 0 Å². The highest BCUT2D eigenvalue weighted by Gasteiger charge is 2.66. The first-order chi connectivity index (χ1) is 25.0. The van der Waals surface area contributed by atoms with Gasteiger partial charge >= 0.3 is 0 Å². The Hall–Kier alpha value is -3.68. The predicted molar refractivity (Wildman–Crippen MR) is 206 cm³/mol. The number of carbonyl (C=O) groups is 2. The van der Waals surface area contributed by atoms with Crippen LogP contribution in [0.5, 0.6) is 0 Å². The number of carbonyl (C=O) groups excluding carboxylic acids is 2. The Morgan fingerprint density at radius 2 is 1.77 bits per heavy atom. The molecule has 3 aliphatic heterocycles. The molecule has 7 rings (SSSR count). The summed E-state index contributed by atoms with van der Waals surface area (Å²) in [5, 5.41) is 19.0. The molecule has 52 heavy (non-hydrogen) atoms. The number of anilines is 2. The first-order valence-corrected chi connectivity index (χ1v) is 22.3. The lowest BCUT2D eigenvalue weighted by atomic mass is 9.82. The van der Waals surface area contributed by atoms with E-state index < -0.39 is 20.0 Å². The van der Waals surface area contributed by atoms with Crippen LogP contribution in [0, 0.1) is 5.92 Å². The van der Waals surface area contributed by atoms with Crippen LogP contribution in [0.2, 0.25) is 18.6 Å². The molecule has 3 aromatic carbocycles. The second kappa shape index (κ2) is 15.0. The number of aliphatic hydroxyl groups is 1. The lowest BCUT2D eigenvalue weighted by Gasteiger charge is -2.32. The van der Waals surface area contributed by atoms with Gasteiger partial charge in [-0.05, 0) is 73.8 Å². The van der Waals surface area contributed by atoms with E-state index in [1.807, 2.05) is 102 Å². The molecule has 0 saturated carbocycles. The lowest BCUT2D eigenvalue weighted by Crippen LogP contribution is -2.46. The number of hydrogen-bond donors (Lipinski definition) is 2. The second-order valence-electron chi connectivity index (χ2n) is 15.1. The summed E-state index contributed by atoms with van der Waals surface area (Å²) in [4.78, 5) is 43.2. The van der Waals surface area contributed by atoms with Crippen molar-refractivity contribution in [1.29, 1.82) is 0 Å². The Balaban J connectivity index is 1.14. The molecule has 5 atom stereocenters. The molecule has 0 bridgehead atoms. The summed E-state index contributed by atoms with van der Waals surface area (Å²) < 4.78 is 9.66. The van der Waals surface area contributed by atoms with E-state index in [4.69, 9.17) is 4.74 Å². The predicted octanol–water partition coefficient (Wildman–Crippen LogP) is 6.90. The SMILES string of the molecule is C[C@H]1[C@H]([Si](C)(C)O)[C@@H](CCn2cc(C(CO)c3ccccc3)nn2)O[C@]12C(=O)N(Cc1ccc(N3CCCCCCC3=O)cc1)c1ccc(Br)cc12. The molecule has 0 aliphatic carbocycles. The summed E-state index contributed by atoms with van der Waals surface area (Å²) in [7, 11) is -2.86. The number of halogens is 1. The van der Waals surface area contributed by atoms with Gasteiger partial charge in [0, 0.05) is 52.9 Å². The van der Waals surface area contributed by atoms with Crippen molar-refractivity contribution >= 4 is 47.4 Å². The molecule has 2 fully saturated rings. The van der Waals surface area contributed by atoms with Crippen molar-refractivity contribution in [1.82, 2.24) is 15.0 Å². The summed E-state index contributed by atoms with van der Waals surface area (Å²) in [5.74, 6) is -0.537. The Morgan fingerprint density at radius 1 is 1.02 bits per heavy atom. The number of nitrogens with zero attached hydrogens (tertiary/aromatic N) is 5. The topological polar surface area (TPSA) is 121 Å². The van der Waals surface area contributed by atoms with Crippen LogP contribution in [0.25, 0.3) is 0 Å². The third-order valence-electron chi connectivity index (χ3n) is 11.3. The number of amides is 2. The van der Waals surface area contributed by atoms with Crippen LogP contribution in [0.4, 0.5) is 11.4 Å². The van der Waals surface area contributed by atoms with Crippen molar-refractivity contribution in [2.45, 2.75) is 94.8 Å². The largest absolute Gasteiger partial charge is 0.432 e. The number of fused-ring (bicyclic) bond motifs is 2. The van der Waals surface area contributed by atoms with Gasteiger partial charge in [0.15, 0.2) is 13.9 Å². The number of aromatic nitrogens is 3. The molecular weight excluding hydrogens is 738 g/mol. The Labute approximate surface area is 315 Å². The van der Waals surface area contributed by atoms with E-state index in [9.17, 15) is 19.5 Å². The highest BCUT2D eigenvalue weighted by atomic mass is 79.9. The second-order valence-corrected chi connectivity index (χ2v) is 20.0. The maximum atomic E-state index is 14.9. The molecule has 1 unspecified atom stereocenters. The smallest absolute Gasteiger partial charge is 0.264 e. The molecule has 2 N–H and O–H groups in total. The van der Waals surface area contributed by atoms with E-state index in [1.54, 1.807) is 4.68 Å². The number of aryl methyl sites for hydroxylation is 1. The van der Waals surface area contributed by atoms with E-state index >= 15 is 0 Å². The molecule has 1 spiro atoms. The third kappa shape index (κ3) is 6.91. The van der Waals surface area contributed by atoms with Crippen molar-refractivity contribution in [2.75, 3.05) is 23.0 Å². The minimum Gasteiger partial charge on any atom is -0.432 e. The maximum absolute atomic E-state index is 14.9. The molecule has 4 aromatic rings. The van der Waals surface area contributed by atoms with Crippen LogP contribution in [-0.4, -0.2) is 64.3 Å². The average molecular weight is 787 g/mol. The molecule has 274 valence electrons. The van der Waals surface area contributed by atoms with E-state index in [0.29, 0.717) is 31.6 Å². The van der Waals surface area contributed by atoms with Crippen molar-refractivity contribution in [3.8, 4) is 0 Å². The molecular formula is C40H48BrN5O5Si. The summed E-state index contributed by atoms with van der Waals surface area (Å²) in [6.07, 6.45) is 6.73. The first kappa shape index (κ1) is 36.7. The van der Waals surface area contributed by atoms with Crippen LogP contribution in [-0.2, 0) is 33.0 Å². The fourth-order valence-electron chi connectivity index (χ4n) is 8.77. The monoisotopic (exact) mass is 785 g/mol. The minimum absolute atomic E-state index is 0.0866. The number of hydrogen-bond acceptors (Lipinski definition) is 7. The highest BCUT2D eigenvalue weighted by Crippen LogP contribution is 2.60.